The van der Waals surface area contributed by atoms with Crippen LogP contribution in [0.4, 0.5) is 0 Å². The zero-order valence-corrected chi connectivity index (χ0v) is 11.1. The van der Waals surface area contributed by atoms with Gasteiger partial charge >= 0.3 is 0 Å². The zero-order chi connectivity index (χ0) is 12.3. The largest absolute Gasteiger partial charge is 0.468 e. The van der Waals surface area contributed by atoms with E-state index in [1.807, 2.05) is 12.1 Å². The van der Waals surface area contributed by atoms with Gasteiger partial charge in [0, 0.05) is 13.2 Å². The number of hydrogen-bond acceptors (Lipinski definition) is 3. The third-order valence-corrected chi connectivity index (χ3v) is 2.72. The number of nitrogens with one attached hydrogen (secondary N) is 1. The van der Waals surface area contributed by atoms with Crippen LogP contribution < -0.4 is 5.32 Å². The summed E-state index contributed by atoms with van der Waals surface area (Å²) in [6, 6.07) is 4.25. The minimum Gasteiger partial charge on any atom is -0.468 e. The molecular weight excluding hydrogens is 214 g/mol. The standard InChI is InChI=1S/C14H25NO2/c1-3-5-10-16-12-8-13(15-9-4-2)14-7-6-11-17-14/h6-7,11,13,15H,3-5,8-10,12H2,1-2H3. The average molecular weight is 239 g/mol. The summed E-state index contributed by atoms with van der Waals surface area (Å²) < 4.78 is 11.1. The quantitative estimate of drug-likeness (QED) is 0.634. The van der Waals surface area contributed by atoms with Crippen LogP contribution in [0.3, 0.4) is 0 Å². The first-order chi connectivity index (χ1) is 8.38. The van der Waals surface area contributed by atoms with Gasteiger partial charge in [-0.05, 0) is 37.9 Å². The molecule has 0 bridgehead atoms. The van der Waals surface area contributed by atoms with Crippen molar-refractivity contribution >= 4 is 0 Å². The Labute approximate surface area is 105 Å². The van der Waals surface area contributed by atoms with Gasteiger partial charge in [0.05, 0.1) is 12.3 Å². The molecule has 0 spiro atoms. The Morgan fingerprint density at radius 2 is 2.18 bits per heavy atom. The van der Waals surface area contributed by atoms with E-state index in [0.29, 0.717) is 0 Å². The predicted molar refractivity (Wildman–Crippen MR) is 70.1 cm³/mol. The molecule has 17 heavy (non-hydrogen) atoms. The highest BCUT2D eigenvalue weighted by Crippen LogP contribution is 2.17. The number of rotatable bonds is 10. The van der Waals surface area contributed by atoms with E-state index in [1.165, 1.54) is 6.42 Å². The van der Waals surface area contributed by atoms with Gasteiger partial charge in [-0.3, -0.25) is 0 Å². The molecule has 0 aliphatic heterocycles. The van der Waals surface area contributed by atoms with E-state index in [0.717, 1.165) is 44.8 Å². The predicted octanol–water partition coefficient (Wildman–Crippen LogP) is 3.53. The summed E-state index contributed by atoms with van der Waals surface area (Å²) in [5.41, 5.74) is 0. The molecule has 1 heterocycles. The van der Waals surface area contributed by atoms with E-state index >= 15 is 0 Å². The fourth-order valence-electron chi connectivity index (χ4n) is 1.70. The van der Waals surface area contributed by atoms with Gasteiger partial charge in [0.25, 0.3) is 0 Å². The normalized spacial score (nSPS) is 12.8. The van der Waals surface area contributed by atoms with Crippen molar-refractivity contribution in [1.29, 1.82) is 0 Å². The molecule has 0 saturated heterocycles. The van der Waals surface area contributed by atoms with Crippen LogP contribution in [0.15, 0.2) is 22.8 Å². The number of hydrogen-bond donors (Lipinski definition) is 1. The lowest BCUT2D eigenvalue weighted by molar-refractivity contribution is 0.119. The van der Waals surface area contributed by atoms with Crippen molar-refractivity contribution in [3.63, 3.8) is 0 Å². The molecule has 1 unspecified atom stereocenters. The molecule has 3 heteroatoms. The van der Waals surface area contributed by atoms with Gasteiger partial charge in [0.2, 0.25) is 0 Å². The topological polar surface area (TPSA) is 34.4 Å². The van der Waals surface area contributed by atoms with Crippen LogP contribution in [0, 0.1) is 0 Å². The van der Waals surface area contributed by atoms with Crippen molar-refractivity contribution in [2.75, 3.05) is 19.8 Å². The minimum atomic E-state index is 0.284. The monoisotopic (exact) mass is 239 g/mol. The highest BCUT2D eigenvalue weighted by atomic mass is 16.5. The average Bonchev–Trinajstić information content (AvgIpc) is 2.86. The summed E-state index contributed by atoms with van der Waals surface area (Å²) >= 11 is 0. The SMILES string of the molecule is CCCCOCCC(NCCC)c1ccco1. The second-order valence-electron chi connectivity index (χ2n) is 4.28. The second kappa shape index (κ2) is 9.25. The van der Waals surface area contributed by atoms with Gasteiger partial charge in [0.1, 0.15) is 5.76 Å². The molecule has 3 nitrogen and oxygen atoms in total. The molecule has 0 aliphatic rings. The lowest BCUT2D eigenvalue weighted by Gasteiger charge is -2.16. The summed E-state index contributed by atoms with van der Waals surface area (Å²) in [4.78, 5) is 0. The number of ether oxygens (including phenoxy) is 1. The lowest BCUT2D eigenvalue weighted by Crippen LogP contribution is -2.23. The maximum atomic E-state index is 5.60. The van der Waals surface area contributed by atoms with Crippen molar-refractivity contribution in [3.05, 3.63) is 24.2 Å². The molecule has 0 amide bonds. The molecule has 0 fully saturated rings. The van der Waals surface area contributed by atoms with Crippen LogP contribution in [-0.2, 0) is 4.74 Å². The number of furan rings is 1. The van der Waals surface area contributed by atoms with E-state index in [9.17, 15) is 0 Å². The summed E-state index contributed by atoms with van der Waals surface area (Å²) in [6.07, 6.45) is 6.17. The minimum absolute atomic E-state index is 0.284. The summed E-state index contributed by atoms with van der Waals surface area (Å²) in [6.45, 7) is 7.03. The fraction of sp³-hybridized carbons (Fsp3) is 0.714. The Hall–Kier alpha value is -0.800. The van der Waals surface area contributed by atoms with Crippen molar-refractivity contribution in [2.45, 2.75) is 45.6 Å². The van der Waals surface area contributed by atoms with Crippen LogP contribution in [0.1, 0.15) is 51.3 Å². The van der Waals surface area contributed by atoms with Gasteiger partial charge in [-0.1, -0.05) is 20.3 Å². The van der Waals surface area contributed by atoms with Crippen molar-refractivity contribution in [3.8, 4) is 0 Å². The van der Waals surface area contributed by atoms with Crippen LogP contribution >= 0.6 is 0 Å². The lowest BCUT2D eigenvalue weighted by atomic mass is 10.1. The Bertz CT molecular complexity index is 259. The maximum absolute atomic E-state index is 5.60. The van der Waals surface area contributed by atoms with Crippen LogP contribution in [0.5, 0.6) is 0 Å². The van der Waals surface area contributed by atoms with Crippen molar-refractivity contribution in [1.82, 2.24) is 5.32 Å². The first kappa shape index (κ1) is 14.3. The molecule has 1 N–H and O–H groups in total. The highest BCUT2D eigenvalue weighted by molar-refractivity contribution is 5.04. The van der Waals surface area contributed by atoms with Crippen molar-refractivity contribution in [2.24, 2.45) is 0 Å². The smallest absolute Gasteiger partial charge is 0.120 e. The van der Waals surface area contributed by atoms with Crippen LogP contribution in [-0.4, -0.2) is 19.8 Å². The zero-order valence-electron chi connectivity index (χ0n) is 11.1. The molecule has 1 aromatic rings. The van der Waals surface area contributed by atoms with E-state index in [1.54, 1.807) is 6.26 Å². The summed E-state index contributed by atoms with van der Waals surface area (Å²) in [5.74, 6) is 1.01. The Balaban J connectivity index is 2.26. The first-order valence-corrected chi connectivity index (χ1v) is 6.73. The molecule has 0 aliphatic carbocycles. The molecule has 0 aromatic carbocycles. The molecule has 1 atom stereocenters. The van der Waals surface area contributed by atoms with Crippen LogP contribution in [0.25, 0.3) is 0 Å². The molecule has 1 aromatic heterocycles. The summed E-state index contributed by atoms with van der Waals surface area (Å²) in [5, 5.41) is 3.49. The fourth-order valence-corrected chi connectivity index (χ4v) is 1.70. The Morgan fingerprint density at radius 3 is 2.82 bits per heavy atom. The van der Waals surface area contributed by atoms with Gasteiger partial charge in [-0.25, -0.2) is 0 Å². The third kappa shape index (κ3) is 5.89. The maximum Gasteiger partial charge on any atom is 0.120 e. The molecule has 98 valence electrons. The Morgan fingerprint density at radius 1 is 1.29 bits per heavy atom. The van der Waals surface area contributed by atoms with Gasteiger partial charge in [-0.2, -0.15) is 0 Å². The van der Waals surface area contributed by atoms with E-state index in [-0.39, 0.29) is 6.04 Å². The molecular formula is C14H25NO2. The van der Waals surface area contributed by atoms with E-state index in [4.69, 9.17) is 9.15 Å². The first-order valence-electron chi connectivity index (χ1n) is 6.73. The van der Waals surface area contributed by atoms with Gasteiger partial charge < -0.3 is 14.5 Å². The molecule has 0 radical (unpaired) electrons. The van der Waals surface area contributed by atoms with Crippen LogP contribution in [0.2, 0.25) is 0 Å². The highest BCUT2D eigenvalue weighted by Gasteiger charge is 2.12. The number of unbranched alkanes of at least 4 members (excludes halogenated alkanes) is 1. The van der Waals surface area contributed by atoms with Crippen molar-refractivity contribution < 1.29 is 9.15 Å². The van der Waals surface area contributed by atoms with Gasteiger partial charge in [-0.15, -0.1) is 0 Å². The summed E-state index contributed by atoms with van der Waals surface area (Å²) in [7, 11) is 0. The second-order valence-corrected chi connectivity index (χ2v) is 4.28. The Kier molecular flexibility index (Phi) is 7.76. The molecule has 1 rings (SSSR count). The van der Waals surface area contributed by atoms with Gasteiger partial charge in [0.15, 0.2) is 0 Å². The van der Waals surface area contributed by atoms with E-state index in [2.05, 4.69) is 19.2 Å². The third-order valence-electron chi connectivity index (χ3n) is 2.72. The molecule has 0 saturated carbocycles. The van der Waals surface area contributed by atoms with E-state index < -0.39 is 0 Å².